The normalized spacial score (nSPS) is 10.9. The molecule has 0 aliphatic rings. The molecule has 3 nitrogen and oxygen atoms in total. The third kappa shape index (κ3) is 7.83. The van der Waals surface area contributed by atoms with Crippen LogP contribution in [0.2, 0.25) is 0 Å². The number of fused-ring (bicyclic) bond motifs is 3. The van der Waals surface area contributed by atoms with E-state index in [1.165, 1.54) is 27.8 Å². The van der Waals surface area contributed by atoms with Gasteiger partial charge in [0.1, 0.15) is 5.58 Å². The van der Waals surface area contributed by atoms with Gasteiger partial charge in [-0.2, -0.15) is 0 Å². The quantitative estimate of drug-likeness (QED) is 0.158. The van der Waals surface area contributed by atoms with Gasteiger partial charge in [-0.3, -0.25) is 0 Å². The molecule has 45 heavy (non-hydrogen) atoms. The minimum Gasteiger partial charge on any atom is -0.500 e. The summed E-state index contributed by atoms with van der Waals surface area (Å²) in [6, 6.07) is 41.9. The zero-order valence-corrected chi connectivity index (χ0v) is 28.5. The van der Waals surface area contributed by atoms with E-state index in [1.54, 1.807) is 0 Å². The second-order valence-electron chi connectivity index (χ2n) is 11.8. The van der Waals surface area contributed by atoms with E-state index in [4.69, 9.17) is 4.42 Å². The van der Waals surface area contributed by atoms with Crippen LogP contribution in [0.1, 0.15) is 41.7 Å². The fraction of sp³-hybridized carbons (Fsp3) is 0.171. The molecule has 0 fully saturated rings. The minimum absolute atomic E-state index is 0. The maximum absolute atomic E-state index is 5.89. The SMILES string of the molecule is Cc1c[c-]c(-c2cc(CC(C)C)c(C)cn2)cc1.[Ir].[c-]1cc2oc3ccccc3c2cc1-c1cc(Cc2ccccc2)ccn1. The van der Waals surface area contributed by atoms with Crippen LogP contribution in [0.4, 0.5) is 0 Å². The van der Waals surface area contributed by atoms with Crippen LogP contribution in [-0.4, -0.2) is 9.97 Å². The van der Waals surface area contributed by atoms with Gasteiger partial charge in [0.15, 0.2) is 0 Å². The van der Waals surface area contributed by atoms with Gasteiger partial charge in [-0.25, -0.2) is 0 Å². The van der Waals surface area contributed by atoms with Gasteiger partial charge >= 0.3 is 0 Å². The van der Waals surface area contributed by atoms with Gasteiger partial charge in [-0.1, -0.05) is 92.4 Å². The van der Waals surface area contributed by atoms with Crippen molar-refractivity contribution in [1.29, 1.82) is 0 Å². The Labute approximate surface area is 279 Å². The van der Waals surface area contributed by atoms with Crippen molar-refractivity contribution in [3.8, 4) is 22.5 Å². The molecule has 3 aromatic heterocycles. The van der Waals surface area contributed by atoms with Crippen molar-refractivity contribution in [3.05, 3.63) is 155 Å². The Morgan fingerprint density at radius 3 is 2.22 bits per heavy atom. The monoisotopic (exact) mass is 765 g/mol. The summed E-state index contributed by atoms with van der Waals surface area (Å²) in [5.74, 6) is 0.668. The first kappa shape index (κ1) is 32.0. The Hall–Kier alpha value is -4.37. The van der Waals surface area contributed by atoms with E-state index in [-0.39, 0.29) is 20.1 Å². The van der Waals surface area contributed by atoms with Crippen LogP contribution in [0.25, 0.3) is 44.5 Å². The van der Waals surface area contributed by atoms with Gasteiger partial charge < -0.3 is 14.4 Å². The van der Waals surface area contributed by atoms with Crippen molar-refractivity contribution in [2.24, 2.45) is 5.92 Å². The van der Waals surface area contributed by atoms with E-state index in [1.807, 2.05) is 48.8 Å². The summed E-state index contributed by atoms with van der Waals surface area (Å²) in [5, 5.41) is 2.22. The van der Waals surface area contributed by atoms with Crippen LogP contribution in [-0.2, 0) is 32.9 Å². The van der Waals surface area contributed by atoms with E-state index in [0.717, 1.165) is 57.3 Å². The number of rotatable bonds is 6. The zero-order valence-electron chi connectivity index (χ0n) is 26.1. The van der Waals surface area contributed by atoms with Crippen molar-refractivity contribution in [2.75, 3.05) is 0 Å². The van der Waals surface area contributed by atoms with E-state index >= 15 is 0 Å². The fourth-order valence-corrected chi connectivity index (χ4v) is 5.42. The predicted molar refractivity (Wildman–Crippen MR) is 182 cm³/mol. The van der Waals surface area contributed by atoms with Crippen LogP contribution in [0.3, 0.4) is 0 Å². The van der Waals surface area contributed by atoms with Crippen molar-refractivity contribution >= 4 is 21.9 Å². The molecule has 0 spiro atoms. The number of pyridine rings is 2. The maximum Gasteiger partial charge on any atom is 0.120 e. The van der Waals surface area contributed by atoms with Crippen LogP contribution < -0.4 is 0 Å². The molecule has 3 heterocycles. The molecule has 0 saturated heterocycles. The summed E-state index contributed by atoms with van der Waals surface area (Å²) in [7, 11) is 0. The second kappa shape index (κ2) is 14.6. The molecule has 0 aliphatic carbocycles. The second-order valence-corrected chi connectivity index (χ2v) is 11.8. The largest absolute Gasteiger partial charge is 0.500 e. The van der Waals surface area contributed by atoms with Crippen molar-refractivity contribution < 1.29 is 24.5 Å². The van der Waals surface area contributed by atoms with Gasteiger partial charge in [0.25, 0.3) is 0 Å². The summed E-state index contributed by atoms with van der Waals surface area (Å²) < 4.78 is 5.89. The number of furan rings is 1. The Kier molecular flexibility index (Phi) is 10.4. The maximum atomic E-state index is 5.89. The Morgan fingerprint density at radius 1 is 0.689 bits per heavy atom. The first-order valence-corrected chi connectivity index (χ1v) is 15.2. The Balaban J connectivity index is 0.000000186. The minimum atomic E-state index is 0. The Bertz CT molecular complexity index is 2010. The summed E-state index contributed by atoms with van der Waals surface area (Å²) >= 11 is 0. The van der Waals surface area contributed by atoms with Crippen molar-refractivity contribution in [1.82, 2.24) is 9.97 Å². The molecule has 0 atom stereocenters. The first-order valence-electron chi connectivity index (χ1n) is 15.2. The number of nitrogens with zero attached hydrogens (tertiary/aromatic N) is 2. The molecular formula is C41H36IrN2O-2. The smallest absolute Gasteiger partial charge is 0.120 e. The van der Waals surface area contributed by atoms with Crippen LogP contribution in [0.5, 0.6) is 0 Å². The molecule has 0 bridgehead atoms. The average Bonchev–Trinajstić information content (AvgIpc) is 3.41. The molecular weight excluding hydrogens is 729 g/mol. The summed E-state index contributed by atoms with van der Waals surface area (Å²) in [6.07, 6.45) is 5.85. The number of aromatic nitrogens is 2. The third-order valence-corrected chi connectivity index (χ3v) is 7.75. The summed E-state index contributed by atoms with van der Waals surface area (Å²) in [4.78, 5) is 9.08. The van der Waals surface area contributed by atoms with Gasteiger partial charge in [0.2, 0.25) is 0 Å². The molecule has 4 aromatic carbocycles. The number of hydrogen-bond acceptors (Lipinski definition) is 3. The first-order chi connectivity index (χ1) is 21.4. The molecule has 0 saturated carbocycles. The Morgan fingerprint density at radius 2 is 1.44 bits per heavy atom. The standard InChI is InChI=1S/C24H16NO.C17H20N.Ir/c1-2-6-17(7-3-1)14-18-12-13-25-22(15-18)19-10-11-24-21(16-19)20-8-4-5-9-23(20)26-24;1-12(2)9-16-10-17(18-11-14(16)4)15-7-5-13(3)6-8-15;/h1-9,11-13,15-16H,14H2;5-7,10-12H,9H2,1-4H3;/q2*-1;. The molecule has 0 unspecified atom stereocenters. The predicted octanol–water partition coefficient (Wildman–Crippen LogP) is 10.4. The topological polar surface area (TPSA) is 38.9 Å². The van der Waals surface area contributed by atoms with Crippen LogP contribution >= 0.6 is 0 Å². The van der Waals surface area contributed by atoms with Gasteiger partial charge in [0.05, 0.1) is 5.58 Å². The number of para-hydroxylation sites is 1. The van der Waals surface area contributed by atoms with Crippen molar-refractivity contribution in [3.63, 3.8) is 0 Å². The summed E-state index contributed by atoms with van der Waals surface area (Å²) in [5.41, 5.74) is 12.2. The molecule has 1 radical (unpaired) electrons. The molecule has 227 valence electrons. The van der Waals surface area contributed by atoms with Gasteiger partial charge in [-0.15, -0.1) is 59.2 Å². The molecule has 0 amide bonds. The average molecular weight is 765 g/mol. The van der Waals surface area contributed by atoms with E-state index < -0.39 is 0 Å². The summed E-state index contributed by atoms with van der Waals surface area (Å²) in [6.45, 7) is 8.70. The van der Waals surface area contributed by atoms with Gasteiger partial charge in [-0.05, 0) is 65.9 Å². The zero-order chi connectivity index (χ0) is 30.5. The molecule has 7 aromatic rings. The molecule has 0 aliphatic heterocycles. The van der Waals surface area contributed by atoms with Gasteiger partial charge in [0, 0.05) is 37.9 Å². The number of hydrogen-bond donors (Lipinski definition) is 0. The molecule has 0 N–H and O–H groups in total. The number of aryl methyl sites for hydroxylation is 2. The van der Waals surface area contributed by atoms with E-state index in [9.17, 15) is 0 Å². The van der Waals surface area contributed by atoms with Crippen LogP contribution in [0.15, 0.2) is 120 Å². The number of benzene rings is 4. The van der Waals surface area contributed by atoms with Crippen LogP contribution in [0, 0.1) is 31.9 Å². The van der Waals surface area contributed by atoms with Crippen molar-refractivity contribution in [2.45, 2.75) is 40.5 Å². The molecule has 7 rings (SSSR count). The van der Waals surface area contributed by atoms with E-state index in [2.05, 4.69) is 117 Å². The molecule has 4 heteroatoms. The fourth-order valence-electron chi connectivity index (χ4n) is 5.42. The third-order valence-electron chi connectivity index (χ3n) is 7.75. The van der Waals surface area contributed by atoms with E-state index in [0.29, 0.717) is 5.92 Å².